The van der Waals surface area contributed by atoms with Gasteiger partial charge < -0.3 is 5.32 Å². The van der Waals surface area contributed by atoms with Crippen LogP contribution >= 0.6 is 27.5 Å². The van der Waals surface area contributed by atoms with E-state index in [1.807, 2.05) is 0 Å². The summed E-state index contributed by atoms with van der Waals surface area (Å²) in [6.45, 7) is 4.61. The topological polar surface area (TPSA) is 55.2 Å². The highest BCUT2D eigenvalue weighted by atomic mass is 79.9. The summed E-state index contributed by atoms with van der Waals surface area (Å²) in [7, 11) is 0. The Bertz CT molecular complexity index is 423. The number of benzene rings is 1. The molecule has 0 fully saturated rings. The third-order valence-electron chi connectivity index (χ3n) is 1.88. The summed E-state index contributed by atoms with van der Waals surface area (Å²) in [5, 5.41) is 14.1. The fourth-order valence-corrected chi connectivity index (χ4v) is 1.55. The van der Waals surface area contributed by atoms with Crippen LogP contribution in [0.3, 0.4) is 0 Å². The summed E-state index contributed by atoms with van der Waals surface area (Å²) < 4.78 is 0.795. The highest BCUT2D eigenvalue weighted by molar-refractivity contribution is 9.11. The summed E-state index contributed by atoms with van der Waals surface area (Å²) in [6, 6.07) is 4.63. The largest absolute Gasteiger partial charge is 0.308 e. The maximum absolute atomic E-state index is 10.8. The molecule has 4 nitrogen and oxygen atoms in total. The van der Waals surface area contributed by atoms with Crippen LogP contribution in [-0.4, -0.2) is 11.5 Å². The van der Waals surface area contributed by atoms with Crippen molar-refractivity contribution in [3.63, 3.8) is 0 Å². The molecular formula is C10H10BrClN2O2. The van der Waals surface area contributed by atoms with Crippen LogP contribution in [-0.2, 0) is 6.54 Å². The van der Waals surface area contributed by atoms with Crippen LogP contribution in [0.5, 0.6) is 0 Å². The zero-order valence-corrected chi connectivity index (χ0v) is 10.7. The van der Waals surface area contributed by atoms with Crippen molar-refractivity contribution in [3.05, 3.63) is 50.0 Å². The highest BCUT2D eigenvalue weighted by Gasteiger charge is 2.13. The molecule has 16 heavy (non-hydrogen) atoms. The minimum absolute atomic E-state index is 0.0279. The first kappa shape index (κ1) is 13.2. The van der Waals surface area contributed by atoms with E-state index in [0.717, 1.165) is 4.48 Å². The van der Waals surface area contributed by atoms with Crippen molar-refractivity contribution in [1.29, 1.82) is 0 Å². The number of hydrogen-bond acceptors (Lipinski definition) is 3. The summed E-state index contributed by atoms with van der Waals surface area (Å²) in [6.07, 6.45) is 0. The van der Waals surface area contributed by atoms with Gasteiger partial charge in [-0.3, -0.25) is 10.1 Å². The quantitative estimate of drug-likeness (QED) is 0.671. The Hall–Kier alpha value is -0.910. The van der Waals surface area contributed by atoms with Gasteiger partial charge in [-0.25, -0.2) is 0 Å². The highest BCUT2D eigenvalue weighted by Crippen LogP contribution is 2.22. The number of hydrogen-bond donors (Lipinski definition) is 1. The first-order valence-corrected chi connectivity index (χ1v) is 5.64. The van der Waals surface area contributed by atoms with Crippen LogP contribution in [0, 0.1) is 10.1 Å². The number of nitrogens with zero attached hydrogens (tertiary/aromatic N) is 1. The number of halogens is 2. The molecule has 1 aromatic carbocycles. The molecule has 1 aromatic rings. The fraction of sp³-hybridized carbons (Fsp3) is 0.200. The molecule has 0 saturated heterocycles. The first-order chi connectivity index (χ1) is 7.50. The van der Waals surface area contributed by atoms with Crippen LogP contribution in [0.2, 0.25) is 5.02 Å². The van der Waals surface area contributed by atoms with Gasteiger partial charge in [0.25, 0.3) is 5.69 Å². The second-order valence-corrected chi connectivity index (χ2v) is 4.71. The van der Waals surface area contributed by atoms with Crippen molar-refractivity contribution in [2.45, 2.75) is 6.54 Å². The number of nitro groups is 1. The van der Waals surface area contributed by atoms with Gasteiger partial charge in [0.2, 0.25) is 0 Å². The molecule has 0 heterocycles. The van der Waals surface area contributed by atoms with E-state index in [1.54, 1.807) is 12.1 Å². The van der Waals surface area contributed by atoms with Gasteiger partial charge in [-0.15, -0.1) is 0 Å². The SMILES string of the molecule is C=C(Br)CNCc1ccc(Cl)cc1[N+](=O)[O-]. The lowest BCUT2D eigenvalue weighted by Crippen LogP contribution is -2.15. The molecule has 6 heteroatoms. The minimum Gasteiger partial charge on any atom is -0.308 e. The van der Waals surface area contributed by atoms with Crippen LogP contribution in [0.15, 0.2) is 29.3 Å². The summed E-state index contributed by atoms with van der Waals surface area (Å²) in [5.41, 5.74) is 0.628. The van der Waals surface area contributed by atoms with E-state index in [1.165, 1.54) is 6.07 Å². The maximum atomic E-state index is 10.8. The Balaban J connectivity index is 2.78. The molecule has 1 N–H and O–H groups in total. The molecule has 0 bridgehead atoms. The molecule has 0 aliphatic rings. The number of nitro benzene ring substituents is 1. The molecular weight excluding hydrogens is 295 g/mol. The van der Waals surface area contributed by atoms with Crippen molar-refractivity contribution in [3.8, 4) is 0 Å². The van der Waals surface area contributed by atoms with Crippen LogP contribution < -0.4 is 5.32 Å². The van der Waals surface area contributed by atoms with E-state index >= 15 is 0 Å². The molecule has 0 saturated carbocycles. The second-order valence-electron chi connectivity index (χ2n) is 3.15. The Morgan fingerprint density at radius 2 is 2.31 bits per heavy atom. The normalized spacial score (nSPS) is 10.1. The first-order valence-electron chi connectivity index (χ1n) is 4.47. The van der Waals surface area contributed by atoms with Gasteiger partial charge in [0.05, 0.1) is 4.92 Å². The zero-order valence-electron chi connectivity index (χ0n) is 8.37. The van der Waals surface area contributed by atoms with Gasteiger partial charge in [-0.05, 0) is 12.1 Å². The lowest BCUT2D eigenvalue weighted by molar-refractivity contribution is -0.385. The van der Waals surface area contributed by atoms with Crippen molar-refractivity contribution in [2.24, 2.45) is 0 Å². The summed E-state index contributed by atoms with van der Waals surface area (Å²) in [5.74, 6) is 0. The summed E-state index contributed by atoms with van der Waals surface area (Å²) >= 11 is 8.89. The van der Waals surface area contributed by atoms with Crippen molar-refractivity contribution in [1.82, 2.24) is 5.32 Å². The third-order valence-corrected chi connectivity index (χ3v) is 2.39. The fourth-order valence-electron chi connectivity index (χ4n) is 1.19. The summed E-state index contributed by atoms with van der Waals surface area (Å²) in [4.78, 5) is 10.3. The lowest BCUT2D eigenvalue weighted by Gasteiger charge is -2.05. The van der Waals surface area contributed by atoms with Gasteiger partial charge in [-0.2, -0.15) is 0 Å². The van der Waals surface area contributed by atoms with Crippen LogP contribution in [0.1, 0.15) is 5.56 Å². The Labute approximate surface area is 107 Å². The molecule has 0 spiro atoms. The van der Waals surface area contributed by atoms with Gasteiger partial charge in [0.15, 0.2) is 0 Å². The molecule has 0 amide bonds. The molecule has 0 radical (unpaired) electrons. The Morgan fingerprint density at radius 3 is 2.88 bits per heavy atom. The van der Waals surface area contributed by atoms with Crippen LogP contribution in [0.25, 0.3) is 0 Å². The molecule has 0 aliphatic heterocycles. The lowest BCUT2D eigenvalue weighted by atomic mass is 10.2. The monoisotopic (exact) mass is 304 g/mol. The van der Waals surface area contributed by atoms with Gasteiger partial charge in [0.1, 0.15) is 0 Å². The zero-order chi connectivity index (χ0) is 12.1. The van der Waals surface area contributed by atoms with Gasteiger partial charge >= 0.3 is 0 Å². The predicted octanol–water partition coefficient (Wildman–Crippen LogP) is 3.25. The number of nitrogens with one attached hydrogen (secondary N) is 1. The Kier molecular flexibility index (Phi) is 4.92. The van der Waals surface area contributed by atoms with Gasteiger partial charge in [0, 0.05) is 34.2 Å². The molecule has 0 aromatic heterocycles. The van der Waals surface area contributed by atoms with E-state index < -0.39 is 4.92 Å². The van der Waals surface area contributed by atoms with E-state index in [9.17, 15) is 10.1 Å². The van der Waals surface area contributed by atoms with E-state index in [0.29, 0.717) is 23.7 Å². The molecule has 0 aliphatic carbocycles. The number of rotatable bonds is 5. The molecule has 0 atom stereocenters. The molecule has 1 rings (SSSR count). The van der Waals surface area contributed by atoms with E-state index in [2.05, 4.69) is 27.8 Å². The second kappa shape index (κ2) is 5.98. The smallest absolute Gasteiger partial charge is 0.275 e. The predicted molar refractivity (Wildman–Crippen MR) is 67.9 cm³/mol. The molecule has 0 unspecified atom stereocenters. The van der Waals surface area contributed by atoms with E-state index in [-0.39, 0.29) is 5.69 Å². The third kappa shape index (κ3) is 3.92. The van der Waals surface area contributed by atoms with Gasteiger partial charge in [-0.1, -0.05) is 34.1 Å². The Morgan fingerprint density at radius 1 is 1.62 bits per heavy atom. The standard InChI is InChI=1S/C10H10BrClN2O2/c1-7(11)5-13-6-8-2-3-9(12)4-10(8)14(15)16/h2-4,13H,1,5-6H2. The van der Waals surface area contributed by atoms with Crippen molar-refractivity contribution >= 4 is 33.2 Å². The van der Waals surface area contributed by atoms with Crippen LogP contribution in [0.4, 0.5) is 5.69 Å². The molecule has 86 valence electrons. The average molecular weight is 306 g/mol. The van der Waals surface area contributed by atoms with E-state index in [4.69, 9.17) is 11.6 Å². The minimum atomic E-state index is -0.439. The van der Waals surface area contributed by atoms with Crippen molar-refractivity contribution < 1.29 is 4.92 Å². The maximum Gasteiger partial charge on any atom is 0.275 e. The average Bonchev–Trinajstić information content (AvgIpc) is 2.19. The van der Waals surface area contributed by atoms with Crippen molar-refractivity contribution in [2.75, 3.05) is 6.54 Å².